The van der Waals surface area contributed by atoms with Crippen LogP contribution in [0.25, 0.3) is 10.9 Å². The lowest BCUT2D eigenvalue weighted by atomic mass is 10.00. The van der Waals surface area contributed by atoms with Gasteiger partial charge in [-0.3, -0.25) is 19.1 Å². The van der Waals surface area contributed by atoms with E-state index < -0.39 is 6.04 Å². The van der Waals surface area contributed by atoms with Crippen LogP contribution in [0, 0.1) is 5.41 Å². The molecule has 2 amide bonds. The number of carbonyl (C=O) groups is 3. The molecule has 1 aliphatic heterocycles. The van der Waals surface area contributed by atoms with Crippen molar-refractivity contribution in [2.75, 3.05) is 5.32 Å². The summed E-state index contributed by atoms with van der Waals surface area (Å²) in [6, 6.07) is 8.96. The minimum Gasteiger partial charge on any atom is -0.325 e. The van der Waals surface area contributed by atoms with Crippen LogP contribution in [0.1, 0.15) is 54.9 Å². The van der Waals surface area contributed by atoms with Crippen LogP contribution in [-0.2, 0) is 29.0 Å². The molecule has 1 N–H and O–H groups in total. The van der Waals surface area contributed by atoms with Crippen molar-refractivity contribution in [1.82, 2.24) is 19.7 Å². The van der Waals surface area contributed by atoms with Gasteiger partial charge in [0.1, 0.15) is 24.1 Å². The van der Waals surface area contributed by atoms with E-state index in [2.05, 4.69) is 44.3 Å². The molecule has 2 fully saturated rings. The third-order valence-corrected chi connectivity index (χ3v) is 8.59. The molecule has 180 valence electrons. The molecule has 8 nitrogen and oxygen atoms in total. The lowest BCUT2D eigenvalue weighted by Crippen LogP contribution is -2.47. The van der Waals surface area contributed by atoms with E-state index in [0.717, 1.165) is 52.3 Å². The Bertz CT molecular complexity index is 1420. The molecule has 6 rings (SSSR count). The Balaban J connectivity index is 1.27. The quantitative estimate of drug-likeness (QED) is 0.499. The number of fused-ring (bicyclic) bond motifs is 4. The predicted molar refractivity (Wildman–Crippen MR) is 134 cm³/mol. The molecule has 0 spiro atoms. The number of para-hydroxylation sites is 1. The van der Waals surface area contributed by atoms with Crippen LogP contribution in [-0.4, -0.2) is 49.3 Å². The maximum absolute atomic E-state index is 13.6. The monoisotopic (exact) mass is 535 g/mol. The first kappa shape index (κ1) is 22.4. The molecule has 2 bridgehead atoms. The SMILES string of the molecule is CC(=O)c1nn(CC(=O)N2C3C[C@]3(C)C[C@H]2C(=O)Nc2nc3cc(c2Br)CCC3)c2ccccc12. The average Bonchev–Trinajstić information content (AvgIpc) is 3.19. The van der Waals surface area contributed by atoms with Crippen molar-refractivity contribution in [3.05, 3.63) is 51.8 Å². The Morgan fingerprint density at radius 2 is 2.00 bits per heavy atom. The minimum absolute atomic E-state index is 0.0221. The fraction of sp³-hybridized carbons (Fsp3) is 0.423. The van der Waals surface area contributed by atoms with E-state index >= 15 is 0 Å². The summed E-state index contributed by atoms with van der Waals surface area (Å²) in [5.74, 6) is 0.0126. The number of ketones is 1. The summed E-state index contributed by atoms with van der Waals surface area (Å²) in [5, 5.41) is 8.17. The Kier molecular flexibility index (Phi) is 5.11. The van der Waals surface area contributed by atoms with Crippen molar-refractivity contribution < 1.29 is 14.4 Å². The van der Waals surface area contributed by atoms with Crippen molar-refractivity contribution >= 4 is 50.2 Å². The van der Waals surface area contributed by atoms with Crippen LogP contribution in [0.2, 0.25) is 0 Å². The van der Waals surface area contributed by atoms with Gasteiger partial charge < -0.3 is 10.2 Å². The zero-order valence-electron chi connectivity index (χ0n) is 19.7. The number of aromatic nitrogens is 3. The highest BCUT2D eigenvalue weighted by atomic mass is 79.9. The molecule has 1 saturated carbocycles. The fourth-order valence-electron chi connectivity index (χ4n) is 5.77. The summed E-state index contributed by atoms with van der Waals surface area (Å²) in [7, 11) is 0. The largest absolute Gasteiger partial charge is 0.325 e. The molecule has 3 aromatic rings. The van der Waals surface area contributed by atoms with Gasteiger partial charge >= 0.3 is 0 Å². The third-order valence-electron chi connectivity index (χ3n) is 7.71. The van der Waals surface area contributed by atoms with Gasteiger partial charge in [0.05, 0.1) is 9.99 Å². The maximum atomic E-state index is 13.6. The smallest absolute Gasteiger partial charge is 0.248 e. The number of Topliss-reactive ketones (excluding diaryl/α,β-unsaturated/α-hetero) is 1. The number of nitrogens with one attached hydrogen (secondary N) is 1. The van der Waals surface area contributed by atoms with Crippen LogP contribution >= 0.6 is 15.9 Å². The molecule has 1 aromatic carbocycles. The van der Waals surface area contributed by atoms with Gasteiger partial charge in [0.2, 0.25) is 11.8 Å². The number of nitrogens with zero attached hydrogens (tertiary/aromatic N) is 4. The lowest BCUT2D eigenvalue weighted by molar-refractivity contribution is -0.138. The van der Waals surface area contributed by atoms with Gasteiger partial charge in [-0.15, -0.1) is 0 Å². The van der Waals surface area contributed by atoms with Crippen LogP contribution in [0.5, 0.6) is 0 Å². The average molecular weight is 536 g/mol. The van der Waals surface area contributed by atoms with E-state index in [1.54, 1.807) is 9.58 Å². The minimum atomic E-state index is -0.566. The zero-order chi connectivity index (χ0) is 24.5. The predicted octanol–water partition coefficient (Wildman–Crippen LogP) is 3.90. The number of halogens is 1. The number of amides is 2. The number of benzene rings is 1. The third kappa shape index (κ3) is 3.67. The van der Waals surface area contributed by atoms with Crippen molar-refractivity contribution in [2.24, 2.45) is 5.41 Å². The van der Waals surface area contributed by atoms with E-state index in [9.17, 15) is 14.4 Å². The summed E-state index contributed by atoms with van der Waals surface area (Å²) in [5.41, 5.74) is 3.17. The molecule has 1 unspecified atom stereocenters. The normalized spacial score (nSPS) is 24.4. The highest BCUT2D eigenvalue weighted by Crippen LogP contribution is 2.59. The number of hydrogen-bond acceptors (Lipinski definition) is 5. The molecule has 2 aromatic heterocycles. The number of piperidine rings is 1. The van der Waals surface area contributed by atoms with Gasteiger partial charge in [0, 0.05) is 24.0 Å². The van der Waals surface area contributed by atoms with E-state index in [4.69, 9.17) is 0 Å². The standard InChI is InChI=1S/C26H26BrN5O3/c1-14(33)23-17-8-3-4-9-18(17)31(30-23)13-21(34)32-19(11-26(2)12-20(26)32)25(35)29-24-22(27)15-6-5-7-16(10-15)28-24/h3-4,8-10,19-20H,5-7,11-13H2,1-2H3,(H,28,29,35)/t19-,20?,26-/m0/s1. The van der Waals surface area contributed by atoms with Gasteiger partial charge in [0.15, 0.2) is 5.78 Å². The molecule has 0 radical (unpaired) electrons. The van der Waals surface area contributed by atoms with Gasteiger partial charge in [-0.25, -0.2) is 4.98 Å². The van der Waals surface area contributed by atoms with Crippen LogP contribution in [0.3, 0.4) is 0 Å². The number of pyridine rings is 1. The van der Waals surface area contributed by atoms with Crippen molar-refractivity contribution in [2.45, 2.75) is 64.6 Å². The lowest BCUT2D eigenvalue weighted by Gasteiger charge is -2.27. The van der Waals surface area contributed by atoms with E-state index in [0.29, 0.717) is 17.9 Å². The number of carbonyl (C=O) groups excluding carboxylic acids is 3. The number of hydrogen-bond donors (Lipinski definition) is 1. The van der Waals surface area contributed by atoms with E-state index in [-0.39, 0.29) is 35.6 Å². The summed E-state index contributed by atoms with van der Waals surface area (Å²) < 4.78 is 2.41. The summed E-state index contributed by atoms with van der Waals surface area (Å²) >= 11 is 3.61. The van der Waals surface area contributed by atoms with Crippen molar-refractivity contribution in [3.8, 4) is 0 Å². The summed E-state index contributed by atoms with van der Waals surface area (Å²) in [6.45, 7) is 3.59. The second kappa shape index (κ2) is 7.98. The molecular formula is C26H26BrN5O3. The number of anilines is 1. The summed E-state index contributed by atoms with van der Waals surface area (Å²) in [6.07, 6.45) is 4.42. The molecule has 1 saturated heterocycles. The molecule has 35 heavy (non-hydrogen) atoms. The first-order chi connectivity index (χ1) is 16.7. The van der Waals surface area contributed by atoms with E-state index in [1.165, 1.54) is 6.92 Å². The van der Waals surface area contributed by atoms with Crippen LogP contribution in [0.15, 0.2) is 34.8 Å². The zero-order valence-corrected chi connectivity index (χ0v) is 21.3. The fourth-order valence-corrected chi connectivity index (χ4v) is 6.27. The molecule has 3 atom stereocenters. The van der Waals surface area contributed by atoms with Gasteiger partial charge in [-0.1, -0.05) is 25.1 Å². The second-order valence-electron chi connectivity index (χ2n) is 10.3. The van der Waals surface area contributed by atoms with Crippen LogP contribution in [0.4, 0.5) is 5.82 Å². The molecular weight excluding hydrogens is 510 g/mol. The van der Waals surface area contributed by atoms with Crippen molar-refractivity contribution in [3.63, 3.8) is 0 Å². The number of rotatable bonds is 5. The molecule has 9 heteroatoms. The van der Waals surface area contributed by atoms with Gasteiger partial charge in [-0.2, -0.15) is 5.10 Å². The second-order valence-corrected chi connectivity index (χ2v) is 11.0. The highest BCUT2D eigenvalue weighted by molar-refractivity contribution is 9.10. The Morgan fingerprint density at radius 1 is 1.20 bits per heavy atom. The van der Waals surface area contributed by atoms with Gasteiger partial charge in [0.25, 0.3) is 0 Å². The van der Waals surface area contributed by atoms with Crippen LogP contribution < -0.4 is 5.32 Å². The molecule has 3 aliphatic rings. The molecule has 2 aliphatic carbocycles. The topological polar surface area (TPSA) is 97.2 Å². The summed E-state index contributed by atoms with van der Waals surface area (Å²) in [4.78, 5) is 45.5. The Labute approximate surface area is 211 Å². The Hall–Kier alpha value is -3.07. The first-order valence-corrected chi connectivity index (χ1v) is 12.8. The number of likely N-dealkylation sites (tertiary alicyclic amines) is 1. The van der Waals surface area contributed by atoms with Gasteiger partial charge in [-0.05, 0) is 71.1 Å². The molecule has 3 heterocycles. The van der Waals surface area contributed by atoms with Crippen molar-refractivity contribution in [1.29, 1.82) is 0 Å². The highest BCUT2D eigenvalue weighted by Gasteiger charge is 2.64. The number of aryl methyl sites for hydroxylation is 2. The first-order valence-electron chi connectivity index (χ1n) is 12.0. The van der Waals surface area contributed by atoms with E-state index in [1.807, 2.05) is 24.3 Å². The maximum Gasteiger partial charge on any atom is 0.248 e. The Morgan fingerprint density at radius 3 is 2.80 bits per heavy atom.